The summed E-state index contributed by atoms with van der Waals surface area (Å²) in [5.41, 5.74) is 3.55. The van der Waals surface area contributed by atoms with Gasteiger partial charge in [-0.3, -0.25) is 9.59 Å². The highest BCUT2D eigenvalue weighted by Gasteiger charge is 2.15. The zero-order valence-electron chi connectivity index (χ0n) is 17.7. The second-order valence-corrected chi connectivity index (χ2v) is 6.91. The lowest BCUT2D eigenvalue weighted by atomic mass is 10.1. The van der Waals surface area contributed by atoms with Crippen molar-refractivity contribution in [2.45, 2.75) is 6.92 Å². The molecule has 0 radical (unpaired) electrons. The summed E-state index contributed by atoms with van der Waals surface area (Å²) in [4.78, 5) is 28.2. The van der Waals surface area contributed by atoms with Crippen molar-refractivity contribution in [3.63, 3.8) is 0 Å². The molecular formula is C23H21N5O4. The molecule has 4 rings (SSSR count). The first-order chi connectivity index (χ1) is 15.5. The predicted octanol–water partition coefficient (Wildman–Crippen LogP) is 3.62. The number of hydrogen-bond donors (Lipinski definition) is 2. The highest BCUT2D eigenvalue weighted by molar-refractivity contribution is 6.03. The van der Waals surface area contributed by atoms with Crippen molar-refractivity contribution in [2.24, 2.45) is 0 Å². The molecule has 9 nitrogen and oxygen atoms in total. The average Bonchev–Trinajstić information content (AvgIpc) is 3.24. The second kappa shape index (κ2) is 8.76. The standard InChI is InChI=1S/C23H21N5O4/c1-14(29)25-16-5-7-17(8-6-16)26-23(30)18-13-22-24-11-10-19(28(22)27-18)15-4-9-20(31-2)21(12-15)32-3/h4-13H,1-3H3,(H,25,29)(H,26,30). The van der Waals surface area contributed by atoms with Gasteiger partial charge in [-0.1, -0.05) is 0 Å². The predicted molar refractivity (Wildman–Crippen MR) is 120 cm³/mol. The van der Waals surface area contributed by atoms with Gasteiger partial charge >= 0.3 is 0 Å². The Labute approximate surface area is 184 Å². The van der Waals surface area contributed by atoms with Gasteiger partial charge < -0.3 is 20.1 Å². The molecule has 0 saturated carbocycles. The van der Waals surface area contributed by atoms with Crippen LogP contribution in [-0.4, -0.2) is 40.6 Å². The number of anilines is 2. The number of methoxy groups -OCH3 is 2. The van der Waals surface area contributed by atoms with E-state index in [0.717, 1.165) is 11.3 Å². The number of carbonyl (C=O) groups is 2. The second-order valence-electron chi connectivity index (χ2n) is 6.91. The molecule has 0 saturated heterocycles. The van der Waals surface area contributed by atoms with Gasteiger partial charge in [0.15, 0.2) is 22.8 Å². The number of aromatic nitrogens is 3. The van der Waals surface area contributed by atoms with Crippen LogP contribution < -0.4 is 20.1 Å². The summed E-state index contributed by atoms with van der Waals surface area (Å²) in [7, 11) is 3.15. The van der Waals surface area contributed by atoms with Crippen LogP contribution in [0.3, 0.4) is 0 Å². The van der Waals surface area contributed by atoms with E-state index in [4.69, 9.17) is 9.47 Å². The third-order valence-electron chi connectivity index (χ3n) is 4.73. The van der Waals surface area contributed by atoms with Gasteiger partial charge in [-0.15, -0.1) is 0 Å². The van der Waals surface area contributed by atoms with E-state index in [1.807, 2.05) is 24.3 Å². The molecule has 0 aliphatic heterocycles. The molecule has 2 heterocycles. The Morgan fingerprint density at radius 1 is 0.875 bits per heavy atom. The molecule has 2 amide bonds. The molecule has 0 spiro atoms. The third-order valence-corrected chi connectivity index (χ3v) is 4.73. The van der Waals surface area contributed by atoms with E-state index in [1.54, 1.807) is 55.3 Å². The molecule has 4 aromatic rings. The van der Waals surface area contributed by atoms with Gasteiger partial charge in [-0.25, -0.2) is 9.50 Å². The molecule has 9 heteroatoms. The van der Waals surface area contributed by atoms with Crippen LogP contribution in [-0.2, 0) is 4.79 Å². The first-order valence-corrected chi connectivity index (χ1v) is 9.74. The van der Waals surface area contributed by atoms with Crippen molar-refractivity contribution in [1.29, 1.82) is 0 Å². The zero-order chi connectivity index (χ0) is 22.7. The molecule has 162 valence electrons. The van der Waals surface area contributed by atoms with E-state index in [-0.39, 0.29) is 17.5 Å². The monoisotopic (exact) mass is 431 g/mol. The van der Waals surface area contributed by atoms with E-state index >= 15 is 0 Å². The average molecular weight is 431 g/mol. The summed E-state index contributed by atoms with van der Waals surface area (Å²) in [5, 5.41) is 9.93. The van der Waals surface area contributed by atoms with Crippen LogP contribution in [0.1, 0.15) is 17.4 Å². The maximum Gasteiger partial charge on any atom is 0.276 e. The largest absolute Gasteiger partial charge is 0.493 e. The van der Waals surface area contributed by atoms with E-state index in [1.165, 1.54) is 6.92 Å². The third kappa shape index (κ3) is 4.22. The molecule has 0 bridgehead atoms. The SMILES string of the molecule is COc1ccc(-c2ccnc3cc(C(=O)Nc4ccc(NC(C)=O)cc4)nn23)cc1OC. The van der Waals surface area contributed by atoms with Crippen molar-refractivity contribution in [3.8, 4) is 22.8 Å². The van der Waals surface area contributed by atoms with Gasteiger partial charge in [0.2, 0.25) is 5.91 Å². The number of rotatable bonds is 6. The van der Waals surface area contributed by atoms with Crippen molar-refractivity contribution in [3.05, 3.63) is 66.5 Å². The zero-order valence-corrected chi connectivity index (χ0v) is 17.7. The number of nitrogens with one attached hydrogen (secondary N) is 2. The van der Waals surface area contributed by atoms with Crippen LogP contribution in [0.2, 0.25) is 0 Å². The Kier molecular flexibility index (Phi) is 5.71. The van der Waals surface area contributed by atoms with Crippen molar-refractivity contribution >= 4 is 28.8 Å². The molecule has 0 aliphatic carbocycles. The van der Waals surface area contributed by atoms with Crippen LogP contribution in [0.4, 0.5) is 11.4 Å². The normalized spacial score (nSPS) is 10.6. The molecule has 0 fully saturated rings. The minimum atomic E-state index is -0.374. The molecule has 2 N–H and O–H groups in total. The van der Waals surface area contributed by atoms with E-state index < -0.39 is 0 Å². The van der Waals surface area contributed by atoms with Gasteiger partial charge in [0.05, 0.1) is 19.9 Å². The van der Waals surface area contributed by atoms with E-state index in [0.29, 0.717) is 28.5 Å². The first-order valence-electron chi connectivity index (χ1n) is 9.74. The summed E-state index contributed by atoms with van der Waals surface area (Å²) in [5.74, 6) is 0.666. The molecular weight excluding hydrogens is 410 g/mol. The number of nitrogens with zero attached hydrogens (tertiary/aromatic N) is 3. The highest BCUT2D eigenvalue weighted by Crippen LogP contribution is 2.32. The Bertz CT molecular complexity index is 1300. The van der Waals surface area contributed by atoms with Crippen LogP contribution in [0, 0.1) is 0 Å². The minimum absolute atomic E-state index is 0.163. The number of fused-ring (bicyclic) bond motifs is 1. The van der Waals surface area contributed by atoms with Crippen LogP contribution in [0.25, 0.3) is 16.9 Å². The van der Waals surface area contributed by atoms with Crippen molar-refractivity contribution in [1.82, 2.24) is 14.6 Å². The fraction of sp³-hybridized carbons (Fsp3) is 0.130. The first kappa shape index (κ1) is 20.9. The molecule has 2 aromatic heterocycles. The smallest absolute Gasteiger partial charge is 0.276 e. The van der Waals surface area contributed by atoms with Crippen molar-refractivity contribution in [2.75, 3.05) is 24.9 Å². The topological polar surface area (TPSA) is 107 Å². The Balaban J connectivity index is 1.62. The van der Waals surface area contributed by atoms with Gasteiger partial charge in [0, 0.05) is 36.1 Å². The molecule has 0 aliphatic rings. The summed E-state index contributed by atoms with van der Waals surface area (Å²) in [6.07, 6.45) is 1.66. The molecule has 2 aromatic carbocycles. The van der Waals surface area contributed by atoms with Gasteiger partial charge in [-0.2, -0.15) is 5.10 Å². The van der Waals surface area contributed by atoms with Crippen molar-refractivity contribution < 1.29 is 19.1 Å². The number of hydrogen-bond acceptors (Lipinski definition) is 6. The van der Waals surface area contributed by atoms with Crippen LogP contribution in [0.15, 0.2) is 60.8 Å². The van der Waals surface area contributed by atoms with Gasteiger partial charge in [0.1, 0.15) is 0 Å². The summed E-state index contributed by atoms with van der Waals surface area (Å²) >= 11 is 0. The maximum atomic E-state index is 12.8. The Morgan fingerprint density at radius 2 is 1.56 bits per heavy atom. The number of benzene rings is 2. The van der Waals surface area contributed by atoms with Crippen LogP contribution >= 0.6 is 0 Å². The van der Waals surface area contributed by atoms with Gasteiger partial charge in [-0.05, 0) is 48.5 Å². The molecule has 0 atom stereocenters. The maximum absolute atomic E-state index is 12.8. The van der Waals surface area contributed by atoms with Gasteiger partial charge in [0.25, 0.3) is 5.91 Å². The minimum Gasteiger partial charge on any atom is -0.493 e. The van der Waals surface area contributed by atoms with E-state index in [2.05, 4.69) is 20.7 Å². The van der Waals surface area contributed by atoms with E-state index in [9.17, 15) is 9.59 Å². The lowest BCUT2D eigenvalue weighted by Gasteiger charge is -2.10. The summed E-state index contributed by atoms with van der Waals surface area (Å²) in [6.45, 7) is 1.43. The fourth-order valence-corrected chi connectivity index (χ4v) is 3.26. The quantitative estimate of drug-likeness (QED) is 0.483. The lowest BCUT2D eigenvalue weighted by Crippen LogP contribution is -2.13. The number of amides is 2. The Hall–Kier alpha value is -4.40. The molecule has 32 heavy (non-hydrogen) atoms. The number of carbonyl (C=O) groups excluding carboxylic acids is 2. The highest BCUT2D eigenvalue weighted by atomic mass is 16.5. The lowest BCUT2D eigenvalue weighted by molar-refractivity contribution is -0.114. The molecule has 0 unspecified atom stereocenters. The van der Waals surface area contributed by atoms with Crippen LogP contribution in [0.5, 0.6) is 11.5 Å². The number of ether oxygens (including phenoxy) is 2. The summed E-state index contributed by atoms with van der Waals surface area (Å²) in [6, 6.07) is 15.8. The summed E-state index contributed by atoms with van der Waals surface area (Å²) < 4.78 is 12.3. The fourth-order valence-electron chi connectivity index (χ4n) is 3.26. The Morgan fingerprint density at radius 3 is 2.22 bits per heavy atom.